The van der Waals surface area contributed by atoms with Crippen molar-refractivity contribution in [3.63, 3.8) is 0 Å². The molecule has 0 aliphatic rings. The second-order valence-electron chi connectivity index (χ2n) is 5.95. The molecular formula is C21H19BrO7. The van der Waals surface area contributed by atoms with Gasteiger partial charge in [-0.25, -0.2) is 9.59 Å². The fraction of sp³-hybridized carbons (Fsp3) is 0.238. The zero-order chi connectivity index (χ0) is 21.0. The minimum atomic E-state index is -0.568. The van der Waals surface area contributed by atoms with Gasteiger partial charge in [0.05, 0.1) is 30.9 Å². The molecule has 0 spiro atoms. The van der Waals surface area contributed by atoms with Gasteiger partial charge in [-0.3, -0.25) is 0 Å². The van der Waals surface area contributed by atoms with Crippen molar-refractivity contribution >= 4 is 32.9 Å². The number of ether oxygens (including phenoxy) is 4. The lowest BCUT2D eigenvalue weighted by molar-refractivity contribution is 0.0473. The number of esters is 1. The third-order valence-electron chi connectivity index (χ3n) is 4.15. The summed E-state index contributed by atoms with van der Waals surface area (Å²) in [5.41, 5.74) is 0.631. The Balaban J connectivity index is 1.86. The number of fused-ring (bicyclic) bond motifs is 1. The Morgan fingerprint density at radius 2 is 1.90 bits per heavy atom. The van der Waals surface area contributed by atoms with E-state index in [1.54, 1.807) is 30.3 Å². The molecule has 0 aliphatic heterocycles. The van der Waals surface area contributed by atoms with Crippen LogP contribution in [0.2, 0.25) is 0 Å². The minimum absolute atomic E-state index is 0.0968. The molecule has 3 rings (SSSR count). The van der Waals surface area contributed by atoms with Crippen molar-refractivity contribution < 1.29 is 28.2 Å². The van der Waals surface area contributed by atoms with Crippen LogP contribution in [0, 0.1) is 0 Å². The predicted molar refractivity (Wildman–Crippen MR) is 110 cm³/mol. The smallest absolute Gasteiger partial charge is 0.338 e. The number of benzene rings is 2. The van der Waals surface area contributed by atoms with E-state index in [1.807, 2.05) is 6.92 Å². The topological polar surface area (TPSA) is 84.2 Å². The predicted octanol–water partition coefficient (Wildman–Crippen LogP) is 4.33. The summed E-state index contributed by atoms with van der Waals surface area (Å²) in [5, 5.41) is 0.656. The first-order valence-corrected chi connectivity index (χ1v) is 9.54. The molecule has 0 saturated heterocycles. The average Bonchev–Trinajstić information content (AvgIpc) is 2.72. The molecule has 1 heterocycles. The summed E-state index contributed by atoms with van der Waals surface area (Å²) in [5.74, 6) is 0.904. The zero-order valence-corrected chi connectivity index (χ0v) is 17.7. The number of hydrogen-bond donors (Lipinski definition) is 0. The largest absolute Gasteiger partial charge is 0.497 e. The number of halogens is 1. The highest BCUT2D eigenvalue weighted by Gasteiger charge is 2.17. The van der Waals surface area contributed by atoms with Crippen LogP contribution in [-0.2, 0) is 11.3 Å². The average molecular weight is 463 g/mol. The molecule has 0 radical (unpaired) electrons. The van der Waals surface area contributed by atoms with Crippen LogP contribution < -0.4 is 19.8 Å². The van der Waals surface area contributed by atoms with Gasteiger partial charge in [-0.15, -0.1) is 0 Å². The van der Waals surface area contributed by atoms with Gasteiger partial charge in [0.25, 0.3) is 0 Å². The van der Waals surface area contributed by atoms with Crippen LogP contribution in [0.1, 0.15) is 22.8 Å². The van der Waals surface area contributed by atoms with Crippen molar-refractivity contribution in [2.45, 2.75) is 13.5 Å². The number of methoxy groups -OCH3 is 2. The standard InChI is InChI=1S/C21H19BrO7/c1-4-27-20-16(22)7-12(8-18(20)26-3)21(24)28-11-13-9-19(23)29-17-10-14(25-2)5-6-15(13)17/h5-10H,4,11H2,1-3H3. The molecule has 0 aliphatic carbocycles. The summed E-state index contributed by atoms with van der Waals surface area (Å²) in [7, 11) is 3.01. The lowest BCUT2D eigenvalue weighted by atomic mass is 10.1. The van der Waals surface area contributed by atoms with Gasteiger partial charge in [0.15, 0.2) is 11.5 Å². The SMILES string of the molecule is CCOc1c(Br)cc(C(=O)OCc2cc(=O)oc3cc(OC)ccc23)cc1OC. The van der Waals surface area contributed by atoms with Gasteiger partial charge in [0, 0.05) is 23.1 Å². The molecular weight excluding hydrogens is 444 g/mol. The first-order chi connectivity index (χ1) is 14.0. The van der Waals surface area contributed by atoms with Crippen molar-refractivity contribution in [1.82, 2.24) is 0 Å². The monoisotopic (exact) mass is 462 g/mol. The van der Waals surface area contributed by atoms with E-state index in [-0.39, 0.29) is 12.2 Å². The van der Waals surface area contributed by atoms with E-state index in [4.69, 9.17) is 23.4 Å². The third-order valence-corrected chi connectivity index (χ3v) is 4.74. The zero-order valence-electron chi connectivity index (χ0n) is 16.1. The molecule has 0 unspecified atom stereocenters. The molecule has 3 aromatic rings. The number of carbonyl (C=O) groups is 1. The van der Waals surface area contributed by atoms with Crippen molar-refractivity contribution in [3.05, 3.63) is 62.4 Å². The summed E-state index contributed by atoms with van der Waals surface area (Å²) >= 11 is 3.38. The lowest BCUT2D eigenvalue weighted by Gasteiger charge is -2.13. The summed E-state index contributed by atoms with van der Waals surface area (Å²) < 4.78 is 27.2. The van der Waals surface area contributed by atoms with Crippen LogP contribution in [0.15, 0.2) is 50.1 Å². The van der Waals surface area contributed by atoms with Gasteiger partial charge in [-0.1, -0.05) is 0 Å². The van der Waals surface area contributed by atoms with E-state index in [2.05, 4.69) is 15.9 Å². The summed E-state index contributed by atoms with van der Waals surface area (Å²) in [6.45, 7) is 2.21. The van der Waals surface area contributed by atoms with Gasteiger partial charge in [-0.2, -0.15) is 0 Å². The Labute approximate surface area is 175 Å². The molecule has 0 fully saturated rings. The van der Waals surface area contributed by atoms with Gasteiger partial charge in [-0.05, 0) is 47.1 Å². The molecule has 2 aromatic carbocycles. The van der Waals surface area contributed by atoms with E-state index >= 15 is 0 Å². The molecule has 0 atom stereocenters. The molecule has 29 heavy (non-hydrogen) atoms. The second kappa shape index (κ2) is 9.00. The Morgan fingerprint density at radius 1 is 1.10 bits per heavy atom. The van der Waals surface area contributed by atoms with Gasteiger partial charge in [0.2, 0.25) is 0 Å². The summed E-state index contributed by atoms with van der Waals surface area (Å²) in [6.07, 6.45) is 0. The molecule has 0 saturated carbocycles. The quantitative estimate of drug-likeness (QED) is 0.381. The molecule has 1 aromatic heterocycles. The highest BCUT2D eigenvalue weighted by atomic mass is 79.9. The van der Waals surface area contributed by atoms with Crippen LogP contribution in [0.5, 0.6) is 17.2 Å². The van der Waals surface area contributed by atoms with Gasteiger partial charge >= 0.3 is 11.6 Å². The van der Waals surface area contributed by atoms with Gasteiger partial charge < -0.3 is 23.4 Å². The molecule has 8 heteroatoms. The molecule has 0 amide bonds. The Morgan fingerprint density at radius 3 is 2.59 bits per heavy atom. The van der Waals surface area contributed by atoms with E-state index in [0.717, 1.165) is 0 Å². The first-order valence-electron chi connectivity index (χ1n) is 8.75. The maximum absolute atomic E-state index is 12.6. The highest BCUT2D eigenvalue weighted by Crippen LogP contribution is 2.37. The maximum atomic E-state index is 12.6. The Bertz CT molecular complexity index is 1100. The first kappa shape index (κ1) is 20.7. The fourth-order valence-electron chi connectivity index (χ4n) is 2.81. The third kappa shape index (κ3) is 4.54. The summed E-state index contributed by atoms with van der Waals surface area (Å²) in [4.78, 5) is 24.4. The molecule has 7 nitrogen and oxygen atoms in total. The molecule has 0 bridgehead atoms. The van der Waals surface area contributed by atoms with E-state index < -0.39 is 11.6 Å². The van der Waals surface area contributed by atoms with Crippen LogP contribution in [0.3, 0.4) is 0 Å². The molecule has 0 N–H and O–H groups in total. The highest BCUT2D eigenvalue weighted by molar-refractivity contribution is 9.10. The van der Waals surface area contributed by atoms with Crippen molar-refractivity contribution in [3.8, 4) is 17.2 Å². The lowest BCUT2D eigenvalue weighted by Crippen LogP contribution is -2.09. The van der Waals surface area contributed by atoms with Crippen LogP contribution in [0.4, 0.5) is 0 Å². The summed E-state index contributed by atoms with van der Waals surface area (Å²) in [6, 6.07) is 9.53. The van der Waals surface area contributed by atoms with Gasteiger partial charge in [0.1, 0.15) is 17.9 Å². The fourth-order valence-corrected chi connectivity index (χ4v) is 3.36. The van der Waals surface area contributed by atoms with Crippen LogP contribution >= 0.6 is 15.9 Å². The van der Waals surface area contributed by atoms with Crippen molar-refractivity contribution in [1.29, 1.82) is 0 Å². The minimum Gasteiger partial charge on any atom is -0.497 e. The van der Waals surface area contributed by atoms with Crippen LogP contribution in [-0.4, -0.2) is 26.8 Å². The number of hydrogen-bond acceptors (Lipinski definition) is 7. The van der Waals surface area contributed by atoms with E-state index in [0.29, 0.717) is 44.9 Å². The Kier molecular flexibility index (Phi) is 6.43. The van der Waals surface area contributed by atoms with E-state index in [1.165, 1.54) is 20.3 Å². The normalized spacial score (nSPS) is 10.6. The number of carbonyl (C=O) groups excluding carboxylic acids is 1. The van der Waals surface area contributed by atoms with Crippen LogP contribution in [0.25, 0.3) is 11.0 Å². The molecule has 152 valence electrons. The van der Waals surface area contributed by atoms with Crippen molar-refractivity contribution in [2.75, 3.05) is 20.8 Å². The van der Waals surface area contributed by atoms with E-state index in [9.17, 15) is 9.59 Å². The number of rotatable bonds is 7. The Hall–Kier alpha value is -3.00. The second-order valence-corrected chi connectivity index (χ2v) is 6.81. The maximum Gasteiger partial charge on any atom is 0.338 e. The van der Waals surface area contributed by atoms with Crippen molar-refractivity contribution in [2.24, 2.45) is 0 Å².